The Morgan fingerprint density at radius 2 is 1.22 bits per heavy atom. The van der Waals surface area contributed by atoms with Gasteiger partial charge in [0.05, 0.1) is 13.2 Å². The molecule has 0 radical (unpaired) electrons. The summed E-state index contributed by atoms with van der Waals surface area (Å²) >= 11 is 0. The standard InChI is InChI=1S/C12H20N2O4/c1-3-13-11(15)17-9-7-5-6-8-10-18-12(16)14-4-2/h3-4H,1-2,5-10H2,(H,13,15)(H,14,16). The number of alkyl carbamates (subject to hydrolysis) is 2. The molecule has 0 atom stereocenters. The van der Waals surface area contributed by atoms with Crippen LogP contribution in [0.3, 0.4) is 0 Å². The summed E-state index contributed by atoms with van der Waals surface area (Å²) in [5, 5.41) is 4.62. The minimum Gasteiger partial charge on any atom is -0.449 e. The van der Waals surface area contributed by atoms with E-state index in [1.54, 1.807) is 0 Å². The molecule has 2 N–H and O–H groups in total. The van der Waals surface area contributed by atoms with Crippen molar-refractivity contribution in [3.05, 3.63) is 25.6 Å². The van der Waals surface area contributed by atoms with E-state index in [-0.39, 0.29) is 0 Å². The number of carbonyl (C=O) groups excluding carboxylic acids is 2. The monoisotopic (exact) mass is 256 g/mol. The highest BCUT2D eigenvalue weighted by Crippen LogP contribution is 2.00. The quantitative estimate of drug-likeness (QED) is 0.620. The summed E-state index contributed by atoms with van der Waals surface area (Å²) < 4.78 is 9.66. The average molecular weight is 256 g/mol. The molecule has 0 unspecified atom stereocenters. The first-order valence-corrected chi connectivity index (χ1v) is 5.79. The van der Waals surface area contributed by atoms with Crippen LogP contribution in [0.4, 0.5) is 9.59 Å². The summed E-state index contributed by atoms with van der Waals surface area (Å²) in [7, 11) is 0. The molecule has 102 valence electrons. The number of rotatable bonds is 9. The van der Waals surface area contributed by atoms with Gasteiger partial charge in [0.1, 0.15) is 0 Å². The summed E-state index contributed by atoms with van der Waals surface area (Å²) in [5.74, 6) is 0. The van der Waals surface area contributed by atoms with E-state index in [2.05, 4.69) is 23.8 Å². The zero-order valence-corrected chi connectivity index (χ0v) is 10.4. The molecule has 0 aliphatic heterocycles. The lowest BCUT2D eigenvalue weighted by Gasteiger charge is -2.05. The van der Waals surface area contributed by atoms with Crippen LogP contribution >= 0.6 is 0 Å². The van der Waals surface area contributed by atoms with Crippen molar-refractivity contribution < 1.29 is 19.1 Å². The minimum atomic E-state index is -0.491. The van der Waals surface area contributed by atoms with Crippen LogP contribution in [0.1, 0.15) is 25.7 Å². The molecule has 0 aromatic carbocycles. The van der Waals surface area contributed by atoms with Crippen LogP contribution in [-0.4, -0.2) is 25.4 Å². The number of unbranched alkanes of at least 4 members (excludes halogenated alkanes) is 3. The average Bonchev–Trinajstić information content (AvgIpc) is 2.33. The normalized spacial score (nSPS) is 9.11. The first-order chi connectivity index (χ1) is 8.70. The van der Waals surface area contributed by atoms with E-state index in [1.165, 1.54) is 12.4 Å². The Balaban J connectivity index is 3.21. The van der Waals surface area contributed by atoms with Crippen molar-refractivity contribution in [3.8, 4) is 0 Å². The Morgan fingerprint density at radius 3 is 1.56 bits per heavy atom. The smallest absolute Gasteiger partial charge is 0.411 e. The van der Waals surface area contributed by atoms with E-state index in [9.17, 15) is 9.59 Å². The molecule has 0 spiro atoms. The molecule has 0 saturated heterocycles. The third kappa shape index (κ3) is 10.5. The van der Waals surface area contributed by atoms with Crippen LogP contribution in [0.15, 0.2) is 25.6 Å². The Labute approximate surface area is 107 Å². The highest BCUT2D eigenvalue weighted by molar-refractivity contribution is 5.68. The molecule has 0 rings (SSSR count). The van der Waals surface area contributed by atoms with E-state index < -0.39 is 12.2 Å². The van der Waals surface area contributed by atoms with Gasteiger partial charge in [0.25, 0.3) is 0 Å². The molecule has 0 fully saturated rings. The summed E-state index contributed by atoms with van der Waals surface area (Å²) in [6.07, 6.45) is 4.94. The van der Waals surface area contributed by atoms with E-state index >= 15 is 0 Å². The molecule has 2 amide bonds. The summed E-state index contributed by atoms with van der Waals surface area (Å²) in [6.45, 7) is 7.43. The molecule has 0 aliphatic rings. The molecular weight excluding hydrogens is 236 g/mol. The molecule has 6 nitrogen and oxygen atoms in total. The van der Waals surface area contributed by atoms with Gasteiger partial charge in [-0.2, -0.15) is 0 Å². The van der Waals surface area contributed by atoms with Crippen molar-refractivity contribution in [3.63, 3.8) is 0 Å². The van der Waals surface area contributed by atoms with Crippen LogP contribution in [0.25, 0.3) is 0 Å². The molecule has 0 saturated carbocycles. The fourth-order valence-corrected chi connectivity index (χ4v) is 1.14. The predicted molar refractivity (Wildman–Crippen MR) is 67.8 cm³/mol. The second-order valence-electron chi connectivity index (χ2n) is 3.38. The largest absolute Gasteiger partial charge is 0.449 e. The number of amides is 2. The van der Waals surface area contributed by atoms with Crippen molar-refractivity contribution in [2.75, 3.05) is 13.2 Å². The van der Waals surface area contributed by atoms with Crippen LogP contribution in [0.2, 0.25) is 0 Å². The second kappa shape index (κ2) is 11.5. The van der Waals surface area contributed by atoms with Gasteiger partial charge in [-0.25, -0.2) is 9.59 Å². The molecule has 0 aliphatic carbocycles. The summed E-state index contributed by atoms with van der Waals surface area (Å²) in [5.41, 5.74) is 0. The summed E-state index contributed by atoms with van der Waals surface area (Å²) in [4.78, 5) is 21.7. The molecule has 0 aromatic rings. The van der Waals surface area contributed by atoms with E-state index in [0.717, 1.165) is 25.7 Å². The molecular formula is C12H20N2O4. The first kappa shape index (κ1) is 16.0. The Morgan fingerprint density at radius 1 is 0.833 bits per heavy atom. The third-order valence-electron chi connectivity index (χ3n) is 1.94. The number of ether oxygens (including phenoxy) is 2. The second-order valence-corrected chi connectivity index (χ2v) is 3.38. The van der Waals surface area contributed by atoms with Crippen LogP contribution < -0.4 is 10.6 Å². The maximum absolute atomic E-state index is 10.8. The number of nitrogens with one attached hydrogen (secondary N) is 2. The van der Waals surface area contributed by atoms with Gasteiger partial charge in [-0.15, -0.1) is 0 Å². The van der Waals surface area contributed by atoms with Gasteiger partial charge in [-0.05, 0) is 38.1 Å². The zero-order chi connectivity index (χ0) is 13.6. The Kier molecular flexibility index (Phi) is 10.2. The third-order valence-corrected chi connectivity index (χ3v) is 1.94. The molecule has 0 heterocycles. The fourth-order valence-electron chi connectivity index (χ4n) is 1.14. The van der Waals surface area contributed by atoms with E-state index in [0.29, 0.717) is 13.2 Å². The fraction of sp³-hybridized carbons (Fsp3) is 0.500. The first-order valence-electron chi connectivity index (χ1n) is 5.79. The number of hydrogen-bond donors (Lipinski definition) is 2. The zero-order valence-electron chi connectivity index (χ0n) is 10.4. The van der Waals surface area contributed by atoms with Gasteiger partial charge in [-0.1, -0.05) is 13.2 Å². The van der Waals surface area contributed by atoms with Gasteiger partial charge in [0.15, 0.2) is 0 Å². The lowest BCUT2D eigenvalue weighted by atomic mass is 10.2. The molecule has 0 bridgehead atoms. The number of hydrogen-bond acceptors (Lipinski definition) is 4. The maximum Gasteiger partial charge on any atom is 0.411 e. The van der Waals surface area contributed by atoms with Crippen LogP contribution in [-0.2, 0) is 9.47 Å². The van der Waals surface area contributed by atoms with Gasteiger partial charge in [-0.3, -0.25) is 10.6 Å². The predicted octanol–water partition coefficient (Wildman–Crippen LogP) is 2.29. The van der Waals surface area contributed by atoms with Gasteiger partial charge in [0, 0.05) is 0 Å². The van der Waals surface area contributed by atoms with Crippen LogP contribution in [0.5, 0.6) is 0 Å². The molecule has 18 heavy (non-hydrogen) atoms. The SMILES string of the molecule is C=CNC(=O)OCCCCCCOC(=O)NC=C. The van der Waals surface area contributed by atoms with E-state index in [1.807, 2.05) is 0 Å². The Bertz CT molecular complexity index is 251. The maximum atomic E-state index is 10.8. The number of carbonyl (C=O) groups is 2. The van der Waals surface area contributed by atoms with E-state index in [4.69, 9.17) is 9.47 Å². The van der Waals surface area contributed by atoms with Gasteiger partial charge < -0.3 is 9.47 Å². The molecule has 0 aromatic heterocycles. The van der Waals surface area contributed by atoms with Crippen molar-refractivity contribution in [1.82, 2.24) is 10.6 Å². The van der Waals surface area contributed by atoms with Gasteiger partial charge >= 0.3 is 12.2 Å². The highest BCUT2D eigenvalue weighted by atomic mass is 16.6. The van der Waals surface area contributed by atoms with Crippen molar-refractivity contribution >= 4 is 12.2 Å². The van der Waals surface area contributed by atoms with Crippen molar-refractivity contribution in [2.24, 2.45) is 0 Å². The van der Waals surface area contributed by atoms with Crippen LogP contribution in [0, 0.1) is 0 Å². The lowest BCUT2D eigenvalue weighted by Crippen LogP contribution is -2.19. The Hall–Kier alpha value is -1.98. The highest BCUT2D eigenvalue weighted by Gasteiger charge is 1.99. The molecule has 6 heteroatoms. The lowest BCUT2D eigenvalue weighted by molar-refractivity contribution is 0.142. The van der Waals surface area contributed by atoms with Crippen molar-refractivity contribution in [1.29, 1.82) is 0 Å². The minimum absolute atomic E-state index is 0.373. The topological polar surface area (TPSA) is 76.7 Å². The van der Waals surface area contributed by atoms with Crippen molar-refractivity contribution in [2.45, 2.75) is 25.7 Å². The summed E-state index contributed by atoms with van der Waals surface area (Å²) in [6, 6.07) is 0. The van der Waals surface area contributed by atoms with Gasteiger partial charge in [0.2, 0.25) is 0 Å².